The Hall–Kier alpha value is -2.86. The van der Waals surface area contributed by atoms with Gasteiger partial charge >= 0.3 is 5.97 Å². The number of ether oxygens (including phenoxy) is 1. The lowest BCUT2D eigenvalue weighted by Crippen LogP contribution is -2.28. The standard InChI is InChI=1S/C20H19ClN2O4/c1-12-3-8-16(10-17(12)21)23-11-14(9-18(23)24)19(25)22-15-6-4-13(5-7-15)20(26)27-2/h3-8,10,14H,9,11H2,1-2H3,(H,22,25)/t14-/m1/s1. The van der Waals surface area contributed by atoms with Crippen LogP contribution in [-0.4, -0.2) is 31.4 Å². The van der Waals surface area contributed by atoms with Crippen LogP contribution in [0, 0.1) is 12.8 Å². The van der Waals surface area contributed by atoms with Crippen LogP contribution in [0.15, 0.2) is 42.5 Å². The third kappa shape index (κ3) is 4.11. The summed E-state index contributed by atoms with van der Waals surface area (Å²) in [6, 6.07) is 11.8. The van der Waals surface area contributed by atoms with Crippen LogP contribution in [0.3, 0.4) is 0 Å². The van der Waals surface area contributed by atoms with Crippen LogP contribution in [0.1, 0.15) is 22.3 Å². The molecular formula is C20H19ClN2O4. The van der Waals surface area contributed by atoms with Crippen LogP contribution in [0.25, 0.3) is 0 Å². The van der Waals surface area contributed by atoms with Crippen molar-refractivity contribution in [1.29, 1.82) is 0 Å². The lowest BCUT2D eigenvalue weighted by Gasteiger charge is -2.17. The number of rotatable bonds is 4. The Morgan fingerprint density at radius 2 is 1.89 bits per heavy atom. The molecule has 0 saturated carbocycles. The lowest BCUT2D eigenvalue weighted by atomic mass is 10.1. The molecule has 7 heteroatoms. The zero-order valence-corrected chi connectivity index (χ0v) is 15.7. The highest BCUT2D eigenvalue weighted by molar-refractivity contribution is 6.31. The van der Waals surface area contributed by atoms with E-state index in [-0.39, 0.29) is 18.2 Å². The van der Waals surface area contributed by atoms with Gasteiger partial charge in [-0.2, -0.15) is 0 Å². The van der Waals surface area contributed by atoms with E-state index in [4.69, 9.17) is 11.6 Å². The maximum atomic E-state index is 12.5. The summed E-state index contributed by atoms with van der Waals surface area (Å²) in [5.74, 6) is -1.26. The Kier molecular flexibility index (Phi) is 5.46. The Balaban J connectivity index is 1.66. The molecule has 27 heavy (non-hydrogen) atoms. The largest absolute Gasteiger partial charge is 0.465 e. The number of nitrogens with one attached hydrogen (secondary N) is 1. The van der Waals surface area contributed by atoms with Gasteiger partial charge in [0.25, 0.3) is 0 Å². The van der Waals surface area contributed by atoms with Crippen molar-refractivity contribution < 1.29 is 19.1 Å². The molecule has 1 fully saturated rings. The number of halogens is 1. The monoisotopic (exact) mass is 386 g/mol. The van der Waals surface area contributed by atoms with Gasteiger partial charge in [0, 0.05) is 29.4 Å². The zero-order chi connectivity index (χ0) is 19.6. The van der Waals surface area contributed by atoms with Crippen molar-refractivity contribution in [3.8, 4) is 0 Å². The van der Waals surface area contributed by atoms with E-state index in [2.05, 4.69) is 10.1 Å². The molecule has 0 radical (unpaired) electrons. The summed E-state index contributed by atoms with van der Waals surface area (Å²) in [6.07, 6.45) is 0.136. The van der Waals surface area contributed by atoms with E-state index >= 15 is 0 Å². The first-order valence-corrected chi connectivity index (χ1v) is 8.82. The first-order valence-electron chi connectivity index (χ1n) is 8.45. The van der Waals surface area contributed by atoms with Crippen LogP contribution in [0.4, 0.5) is 11.4 Å². The number of amides is 2. The summed E-state index contributed by atoms with van der Waals surface area (Å²) < 4.78 is 4.64. The van der Waals surface area contributed by atoms with Crippen molar-refractivity contribution >= 4 is 40.8 Å². The van der Waals surface area contributed by atoms with Gasteiger partial charge in [-0.3, -0.25) is 9.59 Å². The summed E-state index contributed by atoms with van der Waals surface area (Å²) >= 11 is 6.14. The molecule has 2 amide bonds. The maximum Gasteiger partial charge on any atom is 0.337 e. The van der Waals surface area contributed by atoms with Crippen molar-refractivity contribution in [2.45, 2.75) is 13.3 Å². The molecule has 0 spiro atoms. The minimum Gasteiger partial charge on any atom is -0.465 e. The summed E-state index contributed by atoms with van der Waals surface area (Å²) in [5.41, 5.74) is 2.57. The highest BCUT2D eigenvalue weighted by Crippen LogP contribution is 2.29. The SMILES string of the molecule is COC(=O)c1ccc(NC(=O)[C@@H]2CC(=O)N(c3ccc(C)c(Cl)c3)C2)cc1. The highest BCUT2D eigenvalue weighted by Gasteiger charge is 2.35. The fourth-order valence-corrected chi connectivity index (χ4v) is 3.11. The average molecular weight is 387 g/mol. The van der Waals surface area contributed by atoms with Gasteiger partial charge in [0.2, 0.25) is 11.8 Å². The van der Waals surface area contributed by atoms with Gasteiger partial charge in [-0.1, -0.05) is 17.7 Å². The molecule has 2 aromatic carbocycles. The molecule has 0 aliphatic carbocycles. The second kappa shape index (κ2) is 7.80. The smallest absolute Gasteiger partial charge is 0.337 e. The number of hydrogen-bond donors (Lipinski definition) is 1. The predicted octanol–water partition coefficient (Wildman–Crippen LogP) is 3.43. The number of benzene rings is 2. The van der Waals surface area contributed by atoms with E-state index in [1.54, 1.807) is 35.2 Å². The number of hydrogen-bond acceptors (Lipinski definition) is 4. The molecule has 140 valence electrons. The molecule has 1 atom stereocenters. The molecule has 2 aromatic rings. The van der Waals surface area contributed by atoms with Gasteiger partial charge in [0.1, 0.15) is 0 Å². The second-order valence-corrected chi connectivity index (χ2v) is 6.80. The number of nitrogens with zero attached hydrogens (tertiary/aromatic N) is 1. The van der Waals surface area contributed by atoms with Crippen LogP contribution < -0.4 is 10.2 Å². The van der Waals surface area contributed by atoms with Crippen molar-refractivity contribution in [3.63, 3.8) is 0 Å². The Morgan fingerprint density at radius 3 is 2.52 bits per heavy atom. The number of esters is 1. The van der Waals surface area contributed by atoms with E-state index in [9.17, 15) is 14.4 Å². The van der Waals surface area contributed by atoms with Gasteiger partial charge in [-0.15, -0.1) is 0 Å². The van der Waals surface area contributed by atoms with E-state index in [0.29, 0.717) is 28.5 Å². The third-order valence-electron chi connectivity index (χ3n) is 4.54. The summed E-state index contributed by atoms with van der Waals surface area (Å²) in [7, 11) is 1.31. The molecule has 6 nitrogen and oxygen atoms in total. The maximum absolute atomic E-state index is 12.5. The van der Waals surface area contributed by atoms with Crippen molar-refractivity contribution in [3.05, 3.63) is 58.6 Å². The highest BCUT2D eigenvalue weighted by atomic mass is 35.5. The third-order valence-corrected chi connectivity index (χ3v) is 4.94. The quantitative estimate of drug-likeness (QED) is 0.817. The van der Waals surface area contributed by atoms with Gasteiger partial charge < -0.3 is 15.0 Å². The molecule has 1 N–H and O–H groups in total. The second-order valence-electron chi connectivity index (χ2n) is 6.40. The molecule has 1 aliphatic heterocycles. The number of methoxy groups -OCH3 is 1. The van der Waals surface area contributed by atoms with E-state index in [1.807, 2.05) is 19.1 Å². The fraction of sp³-hybridized carbons (Fsp3) is 0.250. The Labute approximate surface area is 162 Å². The number of carbonyl (C=O) groups is 3. The molecule has 0 aromatic heterocycles. The zero-order valence-electron chi connectivity index (χ0n) is 15.0. The molecule has 3 rings (SSSR count). The van der Waals surface area contributed by atoms with E-state index in [1.165, 1.54) is 7.11 Å². The minimum atomic E-state index is -0.460. The van der Waals surface area contributed by atoms with Crippen LogP contribution >= 0.6 is 11.6 Å². The van der Waals surface area contributed by atoms with E-state index < -0.39 is 11.9 Å². The lowest BCUT2D eigenvalue weighted by molar-refractivity contribution is -0.122. The molecule has 1 heterocycles. The first-order chi connectivity index (χ1) is 12.9. The van der Waals surface area contributed by atoms with E-state index in [0.717, 1.165) is 5.56 Å². The average Bonchev–Trinajstić information content (AvgIpc) is 3.06. The molecule has 0 unspecified atom stereocenters. The van der Waals surface area contributed by atoms with Gasteiger partial charge in [-0.05, 0) is 48.9 Å². The normalized spacial score (nSPS) is 16.3. The minimum absolute atomic E-state index is 0.115. The summed E-state index contributed by atoms with van der Waals surface area (Å²) in [6.45, 7) is 2.18. The van der Waals surface area contributed by atoms with Crippen LogP contribution in [-0.2, 0) is 14.3 Å². The molecular weight excluding hydrogens is 368 g/mol. The van der Waals surface area contributed by atoms with Crippen LogP contribution in [0.5, 0.6) is 0 Å². The van der Waals surface area contributed by atoms with Gasteiger partial charge in [-0.25, -0.2) is 4.79 Å². The van der Waals surface area contributed by atoms with Crippen molar-refractivity contribution in [2.24, 2.45) is 5.92 Å². The summed E-state index contributed by atoms with van der Waals surface area (Å²) in [5, 5.41) is 3.37. The Morgan fingerprint density at radius 1 is 1.19 bits per heavy atom. The Bertz CT molecular complexity index is 895. The summed E-state index contributed by atoms with van der Waals surface area (Å²) in [4.78, 5) is 37.9. The molecule has 1 aliphatic rings. The number of anilines is 2. The number of aryl methyl sites for hydroxylation is 1. The van der Waals surface area contributed by atoms with Crippen molar-refractivity contribution in [2.75, 3.05) is 23.9 Å². The molecule has 1 saturated heterocycles. The van der Waals surface area contributed by atoms with Gasteiger partial charge in [0.15, 0.2) is 0 Å². The number of carbonyl (C=O) groups excluding carboxylic acids is 3. The van der Waals surface area contributed by atoms with Gasteiger partial charge in [0.05, 0.1) is 18.6 Å². The topological polar surface area (TPSA) is 75.7 Å². The first kappa shape index (κ1) is 18.9. The fourth-order valence-electron chi connectivity index (χ4n) is 2.93. The van der Waals surface area contributed by atoms with Crippen LogP contribution in [0.2, 0.25) is 5.02 Å². The molecule has 0 bridgehead atoms. The predicted molar refractivity (Wildman–Crippen MR) is 103 cm³/mol. The van der Waals surface area contributed by atoms with Crippen molar-refractivity contribution in [1.82, 2.24) is 0 Å².